The fourth-order valence-electron chi connectivity index (χ4n) is 1.92. The van der Waals surface area contributed by atoms with E-state index in [0.29, 0.717) is 18.6 Å². The number of hydrogen-bond acceptors (Lipinski definition) is 2. The Morgan fingerprint density at radius 1 is 1.75 bits per heavy atom. The molecule has 1 aliphatic rings. The molecule has 2 atom stereocenters. The van der Waals surface area contributed by atoms with E-state index >= 15 is 0 Å². The fourth-order valence-corrected chi connectivity index (χ4v) is 1.92. The van der Waals surface area contributed by atoms with Crippen LogP contribution in [0, 0.1) is 22.7 Å². The van der Waals surface area contributed by atoms with Crippen molar-refractivity contribution < 1.29 is 4.79 Å². The topological polar surface area (TPSA) is 40.9 Å². The molecular formula is C10H15NO. The van der Waals surface area contributed by atoms with E-state index in [4.69, 9.17) is 5.26 Å². The maximum Gasteiger partial charge on any atom is 0.139 e. The van der Waals surface area contributed by atoms with Crippen molar-refractivity contribution in [3.05, 3.63) is 0 Å². The highest BCUT2D eigenvalue weighted by molar-refractivity contribution is 5.86. The Labute approximate surface area is 73.6 Å². The standard InChI is InChI=1S/C10H15NO/c1-8(5-7-11)10(2)6-3-4-9(10)12/h8H,3-6H2,1-2H3. The Morgan fingerprint density at radius 2 is 2.42 bits per heavy atom. The van der Waals surface area contributed by atoms with Crippen molar-refractivity contribution in [2.75, 3.05) is 0 Å². The molecular weight excluding hydrogens is 150 g/mol. The first-order chi connectivity index (χ1) is 5.61. The van der Waals surface area contributed by atoms with Gasteiger partial charge in [-0.3, -0.25) is 4.79 Å². The number of rotatable bonds is 2. The number of nitrogens with zero attached hydrogens (tertiary/aromatic N) is 1. The number of ketones is 1. The quantitative estimate of drug-likeness (QED) is 0.630. The van der Waals surface area contributed by atoms with Crippen LogP contribution < -0.4 is 0 Å². The lowest BCUT2D eigenvalue weighted by molar-refractivity contribution is -0.127. The molecule has 0 saturated heterocycles. The Kier molecular flexibility index (Phi) is 2.52. The fraction of sp³-hybridized carbons (Fsp3) is 0.800. The van der Waals surface area contributed by atoms with E-state index in [-0.39, 0.29) is 11.3 Å². The smallest absolute Gasteiger partial charge is 0.139 e. The van der Waals surface area contributed by atoms with E-state index in [1.54, 1.807) is 0 Å². The lowest BCUT2D eigenvalue weighted by Gasteiger charge is -2.27. The minimum atomic E-state index is -0.199. The van der Waals surface area contributed by atoms with E-state index in [9.17, 15) is 4.79 Å². The van der Waals surface area contributed by atoms with Crippen LogP contribution in [0.3, 0.4) is 0 Å². The van der Waals surface area contributed by atoms with Crippen LogP contribution in [0.5, 0.6) is 0 Å². The maximum absolute atomic E-state index is 11.5. The predicted octanol–water partition coefficient (Wildman–Crippen LogP) is 2.30. The largest absolute Gasteiger partial charge is 0.299 e. The second-order valence-corrected chi connectivity index (χ2v) is 3.96. The average molecular weight is 165 g/mol. The molecule has 0 aromatic rings. The zero-order valence-corrected chi connectivity index (χ0v) is 7.76. The molecule has 0 aromatic heterocycles. The first kappa shape index (κ1) is 9.25. The van der Waals surface area contributed by atoms with Gasteiger partial charge < -0.3 is 0 Å². The van der Waals surface area contributed by atoms with Crippen LogP contribution >= 0.6 is 0 Å². The summed E-state index contributed by atoms with van der Waals surface area (Å²) in [5.74, 6) is 0.572. The molecule has 2 unspecified atom stereocenters. The molecule has 0 spiro atoms. The summed E-state index contributed by atoms with van der Waals surface area (Å²) in [5, 5.41) is 8.54. The van der Waals surface area contributed by atoms with Crippen molar-refractivity contribution in [2.45, 2.75) is 39.5 Å². The Morgan fingerprint density at radius 3 is 2.83 bits per heavy atom. The Balaban J connectivity index is 2.71. The molecule has 0 radical (unpaired) electrons. The van der Waals surface area contributed by atoms with Gasteiger partial charge in [-0.15, -0.1) is 0 Å². The van der Waals surface area contributed by atoms with Crippen molar-refractivity contribution in [1.82, 2.24) is 0 Å². The van der Waals surface area contributed by atoms with Crippen LogP contribution in [0.4, 0.5) is 0 Å². The molecule has 0 bridgehead atoms. The number of nitriles is 1. The van der Waals surface area contributed by atoms with Gasteiger partial charge in [-0.2, -0.15) is 5.26 Å². The molecule has 0 N–H and O–H groups in total. The molecule has 1 aliphatic carbocycles. The summed E-state index contributed by atoms with van der Waals surface area (Å²) < 4.78 is 0. The zero-order valence-electron chi connectivity index (χ0n) is 7.76. The SMILES string of the molecule is CC(CC#N)C1(C)CCCC1=O. The van der Waals surface area contributed by atoms with Crippen LogP contribution in [0.1, 0.15) is 39.5 Å². The summed E-state index contributed by atoms with van der Waals surface area (Å²) in [7, 11) is 0. The van der Waals surface area contributed by atoms with Crippen molar-refractivity contribution in [1.29, 1.82) is 5.26 Å². The van der Waals surface area contributed by atoms with Crippen LogP contribution in [0.2, 0.25) is 0 Å². The highest BCUT2D eigenvalue weighted by atomic mass is 16.1. The third-order valence-electron chi connectivity index (χ3n) is 3.22. The molecule has 2 nitrogen and oxygen atoms in total. The third kappa shape index (κ3) is 1.36. The van der Waals surface area contributed by atoms with Crippen LogP contribution in [-0.2, 0) is 4.79 Å². The molecule has 66 valence electrons. The molecule has 1 fully saturated rings. The number of carbonyl (C=O) groups excluding carboxylic acids is 1. The highest BCUT2D eigenvalue weighted by Gasteiger charge is 2.41. The lowest BCUT2D eigenvalue weighted by Crippen LogP contribution is -2.29. The summed E-state index contributed by atoms with van der Waals surface area (Å²) in [4.78, 5) is 11.5. The van der Waals surface area contributed by atoms with Gasteiger partial charge in [0.2, 0.25) is 0 Å². The first-order valence-electron chi connectivity index (χ1n) is 4.51. The van der Waals surface area contributed by atoms with Gasteiger partial charge in [-0.25, -0.2) is 0 Å². The second kappa shape index (κ2) is 3.26. The van der Waals surface area contributed by atoms with E-state index in [0.717, 1.165) is 12.8 Å². The average Bonchev–Trinajstić information content (AvgIpc) is 2.34. The van der Waals surface area contributed by atoms with Crippen LogP contribution in [0.15, 0.2) is 0 Å². The van der Waals surface area contributed by atoms with Gasteiger partial charge in [0.25, 0.3) is 0 Å². The van der Waals surface area contributed by atoms with Gasteiger partial charge in [0.05, 0.1) is 6.07 Å². The maximum atomic E-state index is 11.5. The summed E-state index contributed by atoms with van der Waals surface area (Å²) in [5.41, 5.74) is -0.199. The number of hydrogen-bond donors (Lipinski definition) is 0. The zero-order chi connectivity index (χ0) is 9.19. The van der Waals surface area contributed by atoms with Gasteiger partial charge in [-0.1, -0.05) is 13.8 Å². The van der Waals surface area contributed by atoms with Gasteiger partial charge in [-0.05, 0) is 18.8 Å². The van der Waals surface area contributed by atoms with Crippen molar-refractivity contribution in [3.8, 4) is 6.07 Å². The highest BCUT2D eigenvalue weighted by Crippen LogP contribution is 2.42. The molecule has 12 heavy (non-hydrogen) atoms. The molecule has 1 saturated carbocycles. The van der Waals surface area contributed by atoms with E-state index in [1.807, 2.05) is 13.8 Å². The van der Waals surface area contributed by atoms with Crippen molar-refractivity contribution in [3.63, 3.8) is 0 Å². The normalized spacial score (nSPS) is 31.6. The molecule has 0 amide bonds. The van der Waals surface area contributed by atoms with E-state index in [2.05, 4.69) is 6.07 Å². The Bertz CT molecular complexity index is 228. The van der Waals surface area contributed by atoms with E-state index in [1.165, 1.54) is 0 Å². The summed E-state index contributed by atoms with van der Waals surface area (Å²) in [6, 6.07) is 2.14. The summed E-state index contributed by atoms with van der Waals surface area (Å²) >= 11 is 0. The van der Waals surface area contributed by atoms with Crippen LogP contribution in [0.25, 0.3) is 0 Å². The molecule has 0 aromatic carbocycles. The second-order valence-electron chi connectivity index (χ2n) is 3.96. The van der Waals surface area contributed by atoms with Gasteiger partial charge in [0.15, 0.2) is 0 Å². The first-order valence-corrected chi connectivity index (χ1v) is 4.51. The monoisotopic (exact) mass is 165 g/mol. The summed E-state index contributed by atoms with van der Waals surface area (Å²) in [6.45, 7) is 4.01. The molecule has 1 rings (SSSR count). The van der Waals surface area contributed by atoms with Crippen LogP contribution in [-0.4, -0.2) is 5.78 Å². The third-order valence-corrected chi connectivity index (χ3v) is 3.22. The van der Waals surface area contributed by atoms with E-state index < -0.39 is 0 Å². The summed E-state index contributed by atoms with van der Waals surface area (Å²) in [6.07, 6.45) is 3.19. The number of Topliss-reactive ketones (excluding diaryl/α,β-unsaturated/α-hetero) is 1. The molecule has 0 aliphatic heterocycles. The van der Waals surface area contributed by atoms with Gasteiger partial charge >= 0.3 is 0 Å². The van der Waals surface area contributed by atoms with Crippen molar-refractivity contribution in [2.24, 2.45) is 11.3 Å². The van der Waals surface area contributed by atoms with Gasteiger partial charge in [0, 0.05) is 18.3 Å². The van der Waals surface area contributed by atoms with Gasteiger partial charge in [0.1, 0.15) is 5.78 Å². The molecule has 0 heterocycles. The Hall–Kier alpha value is -0.840. The minimum absolute atomic E-state index is 0.199. The minimum Gasteiger partial charge on any atom is -0.299 e. The lowest BCUT2D eigenvalue weighted by atomic mass is 9.74. The van der Waals surface area contributed by atoms with Crippen molar-refractivity contribution >= 4 is 5.78 Å². The predicted molar refractivity (Wildman–Crippen MR) is 46.4 cm³/mol. The molecule has 2 heteroatoms. The number of carbonyl (C=O) groups is 1.